The minimum Gasteiger partial charge on any atom is -0.424 e. The molecule has 5 nitrogen and oxygen atoms in total. The number of halogens is 3. The number of aromatic nitrogens is 2. The van der Waals surface area contributed by atoms with Gasteiger partial charge in [-0.15, -0.1) is 0 Å². The van der Waals surface area contributed by atoms with Crippen molar-refractivity contribution in [3.63, 3.8) is 0 Å². The van der Waals surface area contributed by atoms with Crippen LogP contribution in [0.15, 0.2) is 36.5 Å². The summed E-state index contributed by atoms with van der Waals surface area (Å²) in [4.78, 5) is 11.6. The molecule has 4 heterocycles. The van der Waals surface area contributed by atoms with Gasteiger partial charge in [0.1, 0.15) is 11.5 Å². The average molecular weight is 572 g/mol. The average Bonchev–Trinajstić information content (AvgIpc) is 3.18. The summed E-state index contributed by atoms with van der Waals surface area (Å²) < 4.78 is 37.1. The van der Waals surface area contributed by atoms with Gasteiger partial charge >= 0.3 is 0 Å². The van der Waals surface area contributed by atoms with E-state index >= 15 is 8.78 Å². The summed E-state index contributed by atoms with van der Waals surface area (Å²) in [7, 11) is 0. The number of benzene rings is 2. The number of anilines is 1. The van der Waals surface area contributed by atoms with Crippen molar-refractivity contribution in [1.29, 1.82) is 0 Å². The molecule has 0 saturated carbocycles. The van der Waals surface area contributed by atoms with E-state index in [4.69, 9.17) is 8.05 Å². The van der Waals surface area contributed by atoms with Crippen molar-refractivity contribution in [3.8, 4) is 17.0 Å². The summed E-state index contributed by atoms with van der Waals surface area (Å²) in [6, 6.07) is 9.77. The van der Waals surface area contributed by atoms with Crippen molar-refractivity contribution in [2.75, 3.05) is 18.0 Å². The second-order valence-electron chi connectivity index (χ2n) is 9.26. The van der Waals surface area contributed by atoms with Gasteiger partial charge in [-0.3, -0.25) is 4.98 Å². The maximum Gasteiger partial charge on any atom is 0.192 e. The van der Waals surface area contributed by atoms with Crippen LogP contribution in [0.1, 0.15) is 24.1 Å². The van der Waals surface area contributed by atoms with E-state index in [0.29, 0.717) is 28.2 Å². The SMILES string of the molecule is Cc1nc(N2CC3CCC(C2)N3)c2cnc(-c3c(F)c(OI)cc4ccccc34)c(F)c2c1C. The molecular formula is C26H23F2IN4O. The van der Waals surface area contributed by atoms with Crippen molar-refractivity contribution < 1.29 is 11.8 Å². The Morgan fingerprint density at radius 2 is 1.79 bits per heavy atom. The van der Waals surface area contributed by atoms with Gasteiger partial charge < -0.3 is 13.3 Å². The third-order valence-corrected chi connectivity index (χ3v) is 7.71. The zero-order valence-electron chi connectivity index (χ0n) is 18.8. The molecule has 0 spiro atoms. The second kappa shape index (κ2) is 8.27. The van der Waals surface area contributed by atoms with Crippen molar-refractivity contribution >= 4 is 50.4 Å². The van der Waals surface area contributed by atoms with Gasteiger partial charge in [-0.2, -0.15) is 0 Å². The summed E-state index contributed by atoms with van der Waals surface area (Å²) in [5.41, 5.74) is 1.60. The van der Waals surface area contributed by atoms with Crippen LogP contribution in [0.2, 0.25) is 0 Å². The molecule has 2 unspecified atom stereocenters. The molecule has 174 valence electrons. The van der Waals surface area contributed by atoms with Gasteiger partial charge in [0.25, 0.3) is 0 Å². The predicted octanol–water partition coefficient (Wildman–Crippen LogP) is 6.01. The number of nitrogens with zero attached hydrogens (tertiary/aromatic N) is 3. The number of fused-ring (bicyclic) bond motifs is 4. The highest BCUT2D eigenvalue weighted by atomic mass is 127. The molecule has 1 N–H and O–H groups in total. The van der Waals surface area contributed by atoms with Gasteiger partial charge in [0.2, 0.25) is 0 Å². The van der Waals surface area contributed by atoms with Crippen LogP contribution in [0.4, 0.5) is 14.6 Å². The van der Waals surface area contributed by atoms with E-state index in [2.05, 4.69) is 15.2 Å². The summed E-state index contributed by atoms with van der Waals surface area (Å²) in [6.45, 7) is 5.42. The molecule has 2 aliphatic heterocycles. The summed E-state index contributed by atoms with van der Waals surface area (Å²) in [6.07, 6.45) is 3.93. The first-order valence-corrected chi connectivity index (χ1v) is 12.3. The van der Waals surface area contributed by atoms with Crippen molar-refractivity contribution in [1.82, 2.24) is 15.3 Å². The number of aryl methyl sites for hydroxylation is 2. The molecule has 0 radical (unpaired) electrons. The van der Waals surface area contributed by atoms with E-state index in [9.17, 15) is 0 Å². The maximum absolute atomic E-state index is 16.3. The minimum absolute atomic E-state index is 0.0171. The van der Waals surface area contributed by atoms with Crippen molar-refractivity contribution in [3.05, 3.63) is 59.4 Å². The molecule has 2 fully saturated rings. The smallest absolute Gasteiger partial charge is 0.192 e. The highest BCUT2D eigenvalue weighted by Crippen LogP contribution is 2.41. The van der Waals surface area contributed by atoms with Crippen LogP contribution in [0.3, 0.4) is 0 Å². The fraction of sp³-hybridized carbons (Fsp3) is 0.308. The molecule has 34 heavy (non-hydrogen) atoms. The first kappa shape index (κ1) is 21.9. The molecule has 2 aromatic carbocycles. The van der Waals surface area contributed by atoms with Crippen molar-refractivity contribution in [2.45, 2.75) is 38.8 Å². The number of pyridine rings is 2. The fourth-order valence-electron chi connectivity index (χ4n) is 5.48. The van der Waals surface area contributed by atoms with Crippen LogP contribution in [0, 0.1) is 25.5 Å². The molecule has 4 aromatic rings. The number of nitrogens with one attached hydrogen (secondary N) is 1. The lowest BCUT2D eigenvalue weighted by Gasteiger charge is -2.34. The third kappa shape index (κ3) is 3.33. The molecule has 2 atom stereocenters. The van der Waals surface area contributed by atoms with Gasteiger partial charge in [0, 0.05) is 47.8 Å². The Morgan fingerprint density at radius 1 is 1.06 bits per heavy atom. The summed E-state index contributed by atoms with van der Waals surface area (Å²) in [5.74, 6) is -0.352. The number of piperazine rings is 1. The largest absolute Gasteiger partial charge is 0.424 e. The lowest BCUT2D eigenvalue weighted by molar-refractivity contribution is 0.464. The fourth-order valence-corrected chi connectivity index (χ4v) is 5.80. The normalized spacial score (nSPS) is 19.9. The zero-order valence-corrected chi connectivity index (χ0v) is 21.0. The number of hydrogen-bond donors (Lipinski definition) is 1. The van der Waals surface area contributed by atoms with Crippen LogP contribution in [0.5, 0.6) is 5.75 Å². The molecule has 2 saturated heterocycles. The molecular weight excluding hydrogens is 549 g/mol. The van der Waals surface area contributed by atoms with E-state index in [1.165, 1.54) is 0 Å². The summed E-state index contributed by atoms with van der Waals surface area (Å²) in [5, 5.41) is 6.08. The Labute approximate surface area is 210 Å². The van der Waals surface area contributed by atoms with Gasteiger partial charge in [0.15, 0.2) is 40.4 Å². The predicted molar refractivity (Wildman–Crippen MR) is 139 cm³/mol. The minimum atomic E-state index is -0.624. The van der Waals surface area contributed by atoms with Gasteiger partial charge in [0.05, 0.1) is 5.56 Å². The quantitative estimate of drug-likeness (QED) is 0.305. The Balaban J connectivity index is 1.61. The lowest BCUT2D eigenvalue weighted by Crippen LogP contribution is -2.51. The highest BCUT2D eigenvalue weighted by Gasteiger charge is 2.34. The first-order chi connectivity index (χ1) is 16.5. The van der Waals surface area contributed by atoms with E-state index in [1.54, 1.807) is 41.3 Å². The van der Waals surface area contributed by atoms with E-state index in [-0.39, 0.29) is 17.0 Å². The Kier molecular flexibility index (Phi) is 5.33. The second-order valence-corrected chi connectivity index (χ2v) is 9.70. The standard InChI is InChI=1S/C26H23F2IN4O/c1-13-14(2)31-26(33-11-16-7-8-17(12-33)32-16)19-10-30-25(24(28)21(13)19)22-18-6-4-3-5-15(18)9-20(34-29)23(22)27/h3-6,9-10,16-17,32H,7-8,11-12H2,1-2H3. The first-order valence-electron chi connectivity index (χ1n) is 11.4. The Hall–Kier alpha value is -2.59. The van der Waals surface area contributed by atoms with Crippen LogP contribution in [0.25, 0.3) is 32.8 Å². The Bertz CT molecular complexity index is 1450. The Morgan fingerprint density at radius 3 is 2.53 bits per heavy atom. The van der Waals surface area contributed by atoms with Gasteiger partial charge in [-0.05, 0) is 49.1 Å². The van der Waals surface area contributed by atoms with E-state index in [1.807, 2.05) is 32.0 Å². The number of rotatable bonds is 3. The molecule has 0 aliphatic carbocycles. The van der Waals surface area contributed by atoms with Crippen LogP contribution in [-0.4, -0.2) is 35.1 Å². The zero-order chi connectivity index (χ0) is 23.6. The van der Waals surface area contributed by atoms with Crippen molar-refractivity contribution in [2.24, 2.45) is 0 Å². The van der Waals surface area contributed by atoms with Crippen LogP contribution in [-0.2, 0) is 0 Å². The van der Waals surface area contributed by atoms with E-state index < -0.39 is 11.6 Å². The molecule has 2 aromatic heterocycles. The summed E-state index contributed by atoms with van der Waals surface area (Å²) >= 11 is 1.64. The van der Waals surface area contributed by atoms with Gasteiger partial charge in [-0.25, -0.2) is 13.8 Å². The lowest BCUT2D eigenvalue weighted by atomic mass is 9.97. The van der Waals surface area contributed by atoms with Gasteiger partial charge in [-0.1, -0.05) is 24.3 Å². The van der Waals surface area contributed by atoms with E-state index in [0.717, 1.165) is 48.4 Å². The number of hydrogen-bond acceptors (Lipinski definition) is 5. The third-order valence-electron chi connectivity index (χ3n) is 7.24. The molecule has 2 aliphatic rings. The maximum atomic E-state index is 16.3. The monoisotopic (exact) mass is 572 g/mol. The topological polar surface area (TPSA) is 50.3 Å². The highest BCUT2D eigenvalue weighted by molar-refractivity contribution is 14.1. The van der Waals surface area contributed by atoms with Crippen LogP contribution >= 0.6 is 23.0 Å². The van der Waals surface area contributed by atoms with Crippen LogP contribution < -0.4 is 13.3 Å². The molecule has 2 bridgehead atoms. The molecule has 8 heteroatoms. The molecule has 0 amide bonds. The molecule has 6 rings (SSSR count).